The number of nitrogens with one attached hydrogen (secondary N) is 1. The van der Waals surface area contributed by atoms with Crippen LogP contribution >= 0.6 is 0 Å². The Balaban J connectivity index is 1.94. The summed E-state index contributed by atoms with van der Waals surface area (Å²) in [5.41, 5.74) is 9.02. The number of carbonyl (C=O) groups excluding carboxylic acids is 1. The van der Waals surface area contributed by atoms with Gasteiger partial charge in [0.05, 0.1) is 0 Å². The van der Waals surface area contributed by atoms with Crippen molar-refractivity contribution in [3.05, 3.63) is 53.9 Å². The second-order valence-corrected chi connectivity index (χ2v) is 5.05. The molecule has 0 saturated heterocycles. The average molecular weight is 271 g/mol. The van der Waals surface area contributed by atoms with E-state index < -0.39 is 0 Å². The highest BCUT2D eigenvalue weighted by molar-refractivity contribution is 5.90. The van der Waals surface area contributed by atoms with E-state index in [9.17, 15) is 4.79 Å². The third-order valence-corrected chi connectivity index (χ3v) is 3.30. The average Bonchev–Trinajstić information content (AvgIpc) is 2.89. The van der Waals surface area contributed by atoms with E-state index in [4.69, 9.17) is 5.73 Å². The van der Waals surface area contributed by atoms with Crippen LogP contribution in [0.2, 0.25) is 0 Å². The summed E-state index contributed by atoms with van der Waals surface area (Å²) in [6.45, 7) is 4.36. The number of amides is 1. The van der Waals surface area contributed by atoms with Crippen LogP contribution in [0, 0.1) is 6.92 Å². The molecule has 2 aromatic rings. The van der Waals surface area contributed by atoms with E-state index in [-0.39, 0.29) is 11.9 Å². The maximum absolute atomic E-state index is 12.0. The predicted molar refractivity (Wildman–Crippen MR) is 81.5 cm³/mol. The van der Waals surface area contributed by atoms with Crippen LogP contribution in [-0.2, 0) is 11.3 Å². The lowest BCUT2D eigenvalue weighted by atomic mass is 10.1. The molecule has 1 amide bonds. The zero-order valence-electron chi connectivity index (χ0n) is 12.0. The van der Waals surface area contributed by atoms with Crippen molar-refractivity contribution >= 4 is 11.6 Å². The van der Waals surface area contributed by atoms with E-state index in [1.807, 2.05) is 61.1 Å². The number of benzene rings is 1. The van der Waals surface area contributed by atoms with Crippen LogP contribution in [0.15, 0.2) is 42.7 Å². The summed E-state index contributed by atoms with van der Waals surface area (Å²) < 4.78 is 1.86. The molecule has 0 aliphatic heterocycles. The molecular formula is C16H21N3O. The number of rotatable bonds is 5. The molecule has 2 rings (SSSR count). The fraction of sp³-hybridized carbons (Fsp3) is 0.312. The number of aromatic nitrogens is 1. The van der Waals surface area contributed by atoms with Crippen molar-refractivity contribution in [2.75, 3.05) is 5.32 Å². The summed E-state index contributed by atoms with van der Waals surface area (Å²) in [6, 6.07) is 9.76. The highest BCUT2D eigenvalue weighted by Gasteiger charge is 2.07. The van der Waals surface area contributed by atoms with Gasteiger partial charge in [-0.3, -0.25) is 4.79 Å². The predicted octanol–water partition coefficient (Wildman–Crippen LogP) is 2.85. The highest BCUT2D eigenvalue weighted by Crippen LogP contribution is 2.14. The van der Waals surface area contributed by atoms with Crippen molar-refractivity contribution in [3.63, 3.8) is 0 Å². The lowest BCUT2D eigenvalue weighted by molar-refractivity contribution is -0.116. The fourth-order valence-electron chi connectivity index (χ4n) is 2.02. The normalized spacial score (nSPS) is 12.2. The third kappa shape index (κ3) is 3.71. The molecule has 20 heavy (non-hydrogen) atoms. The van der Waals surface area contributed by atoms with Crippen molar-refractivity contribution in [2.45, 2.75) is 32.9 Å². The van der Waals surface area contributed by atoms with Crippen LogP contribution in [-0.4, -0.2) is 10.5 Å². The summed E-state index contributed by atoms with van der Waals surface area (Å²) >= 11 is 0. The van der Waals surface area contributed by atoms with Crippen molar-refractivity contribution in [3.8, 4) is 0 Å². The van der Waals surface area contributed by atoms with E-state index >= 15 is 0 Å². The van der Waals surface area contributed by atoms with Gasteiger partial charge < -0.3 is 15.6 Å². The molecule has 4 nitrogen and oxygen atoms in total. The second-order valence-electron chi connectivity index (χ2n) is 5.05. The van der Waals surface area contributed by atoms with Gasteiger partial charge in [0.25, 0.3) is 0 Å². The van der Waals surface area contributed by atoms with E-state index in [1.165, 1.54) is 5.56 Å². The number of nitrogens with two attached hydrogens (primary N) is 1. The van der Waals surface area contributed by atoms with Crippen LogP contribution in [0.1, 0.15) is 30.5 Å². The van der Waals surface area contributed by atoms with E-state index in [0.29, 0.717) is 6.54 Å². The zero-order valence-corrected chi connectivity index (χ0v) is 12.0. The highest BCUT2D eigenvalue weighted by atomic mass is 16.1. The molecule has 0 radical (unpaired) electrons. The zero-order chi connectivity index (χ0) is 14.5. The number of hydrogen-bond donors (Lipinski definition) is 2. The molecule has 0 bridgehead atoms. The molecule has 3 N–H and O–H groups in total. The Kier molecular flexibility index (Phi) is 4.58. The van der Waals surface area contributed by atoms with E-state index in [2.05, 4.69) is 5.32 Å². The van der Waals surface area contributed by atoms with Gasteiger partial charge in [-0.1, -0.05) is 24.6 Å². The van der Waals surface area contributed by atoms with Crippen molar-refractivity contribution in [1.29, 1.82) is 0 Å². The third-order valence-electron chi connectivity index (χ3n) is 3.30. The molecule has 1 unspecified atom stereocenters. The van der Waals surface area contributed by atoms with Gasteiger partial charge in [0, 0.05) is 24.1 Å². The maximum atomic E-state index is 12.0. The molecule has 0 saturated carbocycles. The molecule has 106 valence electrons. The Morgan fingerprint density at radius 2 is 2.00 bits per heavy atom. The molecule has 1 aromatic heterocycles. The minimum atomic E-state index is -0.0407. The Bertz CT molecular complexity index is 572. The van der Waals surface area contributed by atoms with Crippen molar-refractivity contribution in [2.24, 2.45) is 5.73 Å². The van der Waals surface area contributed by atoms with Gasteiger partial charge >= 0.3 is 0 Å². The molecular weight excluding hydrogens is 250 g/mol. The SMILES string of the molecule is CCC(N)c1ccn(CC(=O)Nc2ccc(C)cc2)c1. The second kappa shape index (κ2) is 6.39. The summed E-state index contributed by atoms with van der Waals surface area (Å²) in [4.78, 5) is 12.0. The number of nitrogens with zero attached hydrogens (tertiary/aromatic N) is 1. The smallest absolute Gasteiger partial charge is 0.244 e. The molecule has 4 heteroatoms. The van der Waals surface area contributed by atoms with Gasteiger partial charge in [-0.25, -0.2) is 0 Å². The maximum Gasteiger partial charge on any atom is 0.244 e. The van der Waals surface area contributed by atoms with Gasteiger partial charge in [-0.2, -0.15) is 0 Å². The van der Waals surface area contributed by atoms with Gasteiger partial charge in [-0.05, 0) is 37.1 Å². The Hall–Kier alpha value is -2.07. The first kappa shape index (κ1) is 14.3. The summed E-state index contributed by atoms with van der Waals surface area (Å²) in [5.74, 6) is -0.0407. The lowest BCUT2D eigenvalue weighted by Crippen LogP contribution is -2.18. The minimum Gasteiger partial charge on any atom is -0.345 e. The summed E-state index contributed by atoms with van der Waals surface area (Å²) in [5, 5.41) is 2.88. The first-order chi connectivity index (χ1) is 9.58. The van der Waals surface area contributed by atoms with Crippen LogP contribution < -0.4 is 11.1 Å². The standard InChI is InChI=1S/C16H21N3O/c1-3-15(17)13-8-9-19(10-13)11-16(20)18-14-6-4-12(2)5-7-14/h4-10,15H,3,11,17H2,1-2H3,(H,18,20). The molecule has 0 aliphatic rings. The lowest BCUT2D eigenvalue weighted by Gasteiger charge is -2.07. The quantitative estimate of drug-likeness (QED) is 0.878. The van der Waals surface area contributed by atoms with Crippen LogP contribution in [0.3, 0.4) is 0 Å². The molecule has 1 heterocycles. The van der Waals surface area contributed by atoms with Crippen LogP contribution in [0.25, 0.3) is 0 Å². The first-order valence-electron chi connectivity index (χ1n) is 6.86. The number of aryl methyl sites for hydroxylation is 1. The number of hydrogen-bond acceptors (Lipinski definition) is 2. The molecule has 0 spiro atoms. The van der Waals surface area contributed by atoms with Gasteiger partial charge in [0.15, 0.2) is 0 Å². The topological polar surface area (TPSA) is 60.0 Å². The number of carbonyl (C=O) groups is 1. The Labute approximate surface area is 119 Å². The molecule has 1 aromatic carbocycles. The number of anilines is 1. The van der Waals surface area contributed by atoms with Gasteiger partial charge in [0.1, 0.15) is 6.54 Å². The molecule has 0 fully saturated rings. The van der Waals surface area contributed by atoms with Crippen LogP contribution in [0.5, 0.6) is 0 Å². The molecule has 0 aliphatic carbocycles. The Morgan fingerprint density at radius 1 is 1.30 bits per heavy atom. The first-order valence-corrected chi connectivity index (χ1v) is 6.86. The van der Waals surface area contributed by atoms with E-state index in [0.717, 1.165) is 17.7 Å². The van der Waals surface area contributed by atoms with Gasteiger partial charge in [0.2, 0.25) is 5.91 Å². The largest absolute Gasteiger partial charge is 0.345 e. The minimum absolute atomic E-state index is 0.0383. The monoisotopic (exact) mass is 271 g/mol. The van der Waals surface area contributed by atoms with Crippen molar-refractivity contribution < 1.29 is 4.79 Å². The fourth-order valence-corrected chi connectivity index (χ4v) is 2.02. The Morgan fingerprint density at radius 3 is 2.65 bits per heavy atom. The summed E-state index contributed by atoms with van der Waals surface area (Å²) in [7, 11) is 0. The summed E-state index contributed by atoms with van der Waals surface area (Å²) in [6.07, 6.45) is 4.71. The van der Waals surface area contributed by atoms with E-state index in [1.54, 1.807) is 0 Å². The molecule has 1 atom stereocenters. The van der Waals surface area contributed by atoms with Gasteiger partial charge in [-0.15, -0.1) is 0 Å². The van der Waals surface area contributed by atoms with Crippen LogP contribution in [0.4, 0.5) is 5.69 Å². The van der Waals surface area contributed by atoms with Crippen molar-refractivity contribution in [1.82, 2.24) is 4.57 Å².